The molecule has 1 aliphatic heterocycles. The molecule has 0 saturated carbocycles. The third-order valence-corrected chi connectivity index (χ3v) is 7.79. The van der Waals surface area contributed by atoms with Crippen LogP contribution >= 0.6 is 11.6 Å². The van der Waals surface area contributed by atoms with Crippen molar-refractivity contribution < 1.29 is 4.74 Å². The predicted molar refractivity (Wildman–Crippen MR) is 135 cm³/mol. The Morgan fingerprint density at radius 1 is 1.24 bits per heavy atom. The summed E-state index contributed by atoms with van der Waals surface area (Å²) in [5.41, 5.74) is 10.5. The van der Waals surface area contributed by atoms with Crippen LogP contribution in [0.2, 0.25) is 5.02 Å². The Morgan fingerprint density at radius 3 is 2.68 bits per heavy atom. The highest BCUT2D eigenvalue weighted by atomic mass is 35.5. The molecule has 0 bridgehead atoms. The average molecular weight is 475 g/mol. The molecular weight excluding hydrogens is 448 g/mol. The van der Waals surface area contributed by atoms with E-state index in [2.05, 4.69) is 23.0 Å². The van der Waals surface area contributed by atoms with Crippen LogP contribution in [0, 0.1) is 24.7 Å². The number of nitrogens with zero attached hydrogens (tertiary/aromatic N) is 3. The predicted octanol–water partition coefficient (Wildman–Crippen LogP) is 4.03. The lowest BCUT2D eigenvalue weighted by Crippen LogP contribution is -2.45. The molecule has 34 heavy (non-hydrogen) atoms. The molecule has 0 radical (unpaired) electrons. The number of nitrogens with two attached hydrogens (primary N) is 1. The fraction of sp³-hybridized carbons (Fsp3) is 0.333. The number of hydrogen-bond donors (Lipinski definition) is 1. The number of fused-ring (bicyclic) bond motifs is 1. The number of rotatable bonds is 3. The Bertz CT molecular complexity index is 1370. The fourth-order valence-electron chi connectivity index (χ4n) is 5.49. The van der Waals surface area contributed by atoms with Gasteiger partial charge in [0.2, 0.25) is 0 Å². The van der Waals surface area contributed by atoms with Gasteiger partial charge in [0.1, 0.15) is 22.4 Å². The van der Waals surface area contributed by atoms with Crippen LogP contribution < -0.4 is 20.9 Å². The number of hydrogen-bond acceptors (Lipinski definition) is 5. The number of methoxy groups -OCH3 is 1. The zero-order valence-corrected chi connectivity index (χ0v) is 20.1. The molecule has 0 unspecified atom stereocenters. The molecule has 5 rings (SSSR count). The minimum Gasteiger partial charge on any atom is -0.495 e. The van der Waals surface area contributed by atoms with Gasteiger partial charge in [0.15, 0.2) is 0 Å². The van der Waals surface area contributed by atoms with Crippen LogP contribution in [-0.2, 0) is 6.42 Å². The SMILES string of the molecule is C#Cc1ccc2c(c1)[C@@H](N)C1(CCN(c3cc(=O)n(-c4cccc(OC)c4Cl)c(C)n3)CC1)C2. The fourth-order valence-corrected chi connectivity index (χ4v) is 5.78. The van der Waals surface area contributed by atoms with Crippen molar-refractivity contribution in [1.82, 2.24) is 9.55 Å². The van der Waals surface area contributed by atoms with Crippen molar-refractivity contribution in [2.75, 3.05) is 25.1 Å². The van der Waals surface area contributed by atoms with Gasteiger partial charge in [-0.3, -0.25) is 9.36 Å². The molecule has 0 amide bonds. The molecule has 2 heterocycles. The van der Waals surface area contributed by atoms with Gasteiger partial charge in [-0.15, -0.1) is 6.42 Å². The van der Waals surface area contributed by atoms with E-state index in [4.69, 9.17) is 33.5 Å². The number of ether oxygens (including phenoxy) is 1. The first-order valence-electron chi connectivity index (χ1n) is 11.4. The summed E-state index contributed by atoms with van der Waals surface area (Å²) in [4.78, 5) is 20.1. The second kappa shape index (κ2) is 8.50. The summed E-state index contributed by atoms with van der Waals surface area (Å²) in [6, 6.07) is 13.1. The van der Waals surface area contributed by atoms with Crippen molar-refractivity contribution in [3.63, 3.8) is 0 Å². The second-order valence-electron chi connectivity index (χ2n) is 9.19. The molecule has 1 saturated heterocycles. The van der Waals surface area contributed by atoms with E-state index < -0.39 is 0 Å². The summed E-state index contributed by atoms with van der Waals surface area (Å²) in [6.45, 7) is 3.40. The molecule has 2 N–H and O–H groups in total. The van der Waals surface area contributed by atoms with Gasteiger partial charge in [-0.25, -0.2) is 4.98 Å². The summed E-state index contributed by atoms with van der Waals surface area (Å²) in [6.07, 6.45) is 8.41. The summed E-state index contributed by atoms with van der Waals surface area (Å²) >= 11 is 6.47. The van der Waals surface area contributed by atoms with Crippen LogP contribution in [0.25, 0.3) is 5.69 Å². The van der Waals surface area contributed by atoms with Gasteiger partial charge in [0.25, 0.3) is 5.56 Å². The van der Waals surface area contributed by atoms with E-state index in [-0.39, 0.29) is 17.0 Å². The largest absolute Gasteiger partial charge is 0.495 e. The number of terminal acetylenes is 1. The molecule has 7 heteroatoms. The van der Waals surface area contributed by atoms with Crippen LogP contribution in [0.5, 0.6) is 5.75 Å². The lowest BCUT2D eigenvalue weighted by Gasteiger charge is -2.42. The number of piperidine rings is 1. The van der Waals surface area contributed by atoms with Crippen molar-refractivity contribution in [1.29, 1.82) is 0 Å². The Hall–Kier alpha value is -3.27. The maximum atomic E-state index is 13.1. The van der Waals surface area contributed by atoms with E-state index in [1.807, 2.05) is 13.0 Å². The highest BCUT2D eigenvalue weighted by Crippen LogP contribution is 2.51. The third-order valence-electron chi connectivity index (χ3n) is 7.41. The smallest absolute Gasteiger partial charge is 0.260 e. The summed E-state index contributed by atoms with van der Waals surface area (Å²) in [7, 11) is 1.55. The lowest BCUT2D eigenvalue weighted by molar-refractivity contribution is 0.187. The van der Waals surface area contributed by atoms with Crippen LogP contribution in [0.3, 0.4) is 0 Å². The molecule has 3 aromatic rings. The zero-order chi connectivity index (χ0) is 24.0. The number of aromatic nitrogens is 2. The van der Waals surface area contributed by atoms with Crippen LogP contribution in [0.15, 0.2) is 47.3 Å². The maximum Gasteiger partial charge on any atom is 0.260 e. The Balaban J connectivity index is 1.38. The van der Waals surface area contributed by atoms with Crippen molar-refractivity contribution in [2.45, 2.75) is 32.2 Å². The van der Waals surface area contributed by atoms with Gasteiger partial charge in [-0.05, 0) is 67.0 Å². The van der Waals surface area contributed by atoms with Crippen LogP contribution in [-0.4, -0.2) is 29.8 Å². The molecule has 2 aliphatic rings. The average Bonchev–Trinajstić information content (AvgIpc) is 3.10. The zero-order valence-electron chi connectivity index (χ0n) is 19.3. The van der Waals surface area contributed by atoms with Crippen molar-refractivity contribution in [3.05, 3.63) is 80.4 Å². The minimum absolute atomic E-state index is 0.0181. The topological polar surface area (TPSA) is 73.4 Å². The van der Waals surface area contributed by atoms with E-state index in [0.717, 1.165) is 37.9 Å². The van der Waals surface area contributed by atoms with Crippen LogP contribution in [0.4, 0.5) is 5.82 Å². The summed E-state index contributed by atoms with van der Waals surface area (Å²) < 4.78 is 6.82. The van der Waals surface area contributed by atoms with Gasteiger partial charge in [-0.2, -0.15) is 0 Å². The second-order valence-corrected chi connectivity index (χ2v) is 9.57. The van der Waals surface area contributed by atoms with Crippen molar-refractivity contribution in [3.8, 4) is 23.8 Å². The number of halogens is 1. The molecular formula is C27H27ClN4O2. The van der Waals surface area contributed by atoms with Crippen molar-refractivity contribution >= 4 is 17.4 Å². The number of benzene rings is 2. The van der Waals surface area contributed by atoms with Gasteiger partial charge >= 0.3 is 0 Å². The Labute approximate surface area is 204 Å². The third kappa shape index (κ3) is 3.56. The van der Waals surface area contributed by atoms with E-state index in [9.17, 15) is 4.79 Å². The molecule has 1 aromatic heterocycles. The normalized spacial score (nSPS) is 18.6. The summed E-state index contributed by atoms with van der Waals surface area (Å²) in [5.74, 6) is 4.49. The Kier molecular flexibility index (Phi) is 5.63. The highest BCUT2D eigenvalue weighted by molar-refractivity contribution is 6.33. The molecule has 1 spiro atoms. The standard InChI is InChI=1S/C27H27ClN4O2/c1-4-18-8-9-19-16-27(26(29)20(19)14-18)10-12-31(13-11-27)23-15-24(33)32(17(2)30-23)21-6-5-7-22(34-3)25(21)28/h1,5-9,14-15,26H,10-13,16,29H2,2-3H3/t26-/m1/s1. The Morgan fingerprint density at radius 2 is 2.00 bits per heavy atom. The quantitative estimate of drug-likeness (QED) is 0.580. The highest BCUT2D eigenvalue weighted by Gasteiger charge is 2.46. The van der Waals surface area contributed by atoms with Gasteiger partial charge < -0.3 is 15.4 Å². The summed E-state index contributed by atoms with van der Waals surface area (Å²) in [5, 5.41) is 0.382. The van der Waals surface area contributed by atoms with Gasteiger partial charge in [0, 0.05) is 30.8 Å². The molecule has 6 nitrogen and oxygen atoms in total. The monoisotopic (exact) mass is 474 g/mol. The number of aryl methyl sites for hydroxylation is 1. The van der Waals surface area contributed by atoms with E-state index in [0.29, 0.717) is 28.1 Å². The van der Waals surface area contributed by atoms with E-state index in [1.54, 1.807) is 31.4 Å². The van der Waals surface area contributed by atoms with Crippen molar-refractivity contribution in [2.24, 2.45) is 11.1 Å². The lowest BCUT2D eigenvalue weighted by atomic mass is 9.73. The minimum atomic E-state index is -0.176. The molecule has 1 atom stereocenters. The molecule has 1 aliphatic carbocycles. The molecule has 2 aromatic carbocycles. The first-order chi connectivity index (χ1) is 16.4. The van der Waals surface area contributed by atoms with Crippen LogP contribution in [0.1, 0.15) is 41.4 Å². The van der Waals surface area contributed by atoms with E-state index in [1.165, 1.54) is 15.7 Å². The molecule has 174 valence electrons. The maximum absolute atomic E-state index is 13.1. The first-order valence-corrected chi connectivity index (χ1v) is 11.8. The van der Waals surface area contributed by atoms with Gasteiger partial charge in [0.05, 0.1) is 12.8 Å². The molecule has 1 fully saturated rings. The van der Waals surface area contributed by atoms with E-state index >= 15 is 0 Å². The first kappa shape index (κ1) is 22.5. The van der Waals surface area contributed by atoms with Gasteiger partial charge in [-0.1, -0.05) is 29.7 Å². The number of anilines is 1.